The van der Waals surface area contributed by atoms with E-state index in [4.69, 9.17) is 4.74 Å². The van der Waals surface area contributed by atoms with Crippen LogP contribution in [-0.4, -0.2) is 28.0 Å². The number of methoxy groups -OCH3 is 1. The molecule has 0 atom stereocenters. The van der Waals surface area contributed by atoms with Gasteiger partial charge in [-0.25, -0.2) is 15.1 Å². The predicted octanol–water partition coefficient (Wildman–Crippen LogP) is 1.02. The second-order valence-corrected chi connectivity index (χ2v) is 3.29. The Morgan fingerprint density at radius 1 is 1.29 bits per heavy atom. The lowest BCUT2D eigenvalue weighted by Gasteiger charge is -2.07. The zero-order valence-corrected chi connectivity index (χ0v) is 9.45. The highest BCUT2D eigenvalue weighted by Gasteiger charge is 1.98. The summed E-state index contributed by atoms with van der Waals surface area (Å²) in [5.41, 5.74) is 4.02. The Morgan fingerprint density at radius 2 is 2.00 bits per heavy atom. The van der Waals surface area contributed by atoms with Crippen molar-refractivity contribution in [1.82, 2.24) is 14.9 Å². The highest BCUT2D eigenvalue weighted by Crippen LogP contribution is 2.00. The van der Waals surface area contributed by atoms with E-state index < -0.39 is 0 Å². The molecule has 0 radical (unpaired) electrons. The molecular formula is C11H13N5O. The number of hydrogen-bond donors (Lipinski definition) is 1. The number of aliphatic imine (C=N–C) groups is 1. The second kappa shape index (κ2) is 5.64. The minimum Gasteiger partial charge on any atom is -0.467 e. The normalized spacial score (nSPS) is 11.2. The molecule has 0 aliphatic heterocycles. The molecule has 6 nitrogen and oxygen atoms in total. The summed E-state index contributed by atoms with van der Waals surface area (Å²) in [5.74, 6) is 0. The maximum Gasteiger partial charge on any atom is 0.304 e. The molecule has 0 aliphatic carbocycles. The Kier molecular flexibility index (Phi) is 3.69. The third-order valence-electron chi connectivity index (χ3n) is 2.08. The number of aromatic nitrogens is 3. The molecule has 0 bridgehead atoms. The fourth-order valence-corrected chi connectivity index (χ4v) is 1.26. The van der Waals surface area contributed by atoms with Crippen molar-refractivity contribution in [2.75, 3.05) is 12.5 Å². The third kappa shape index (κ3) is 3.30. The summed E-state index contributed by atoms with van der Waals surface area (Å²) >= 11 is 0. The maximum atomic E-state index is 5.11. The number of ether oxygens (including phenoxy) is 1. The van der Waals surface area contributed by atoms with Gasteiger partial charge in [0.05, 0.1) is 13.7 Å². The van der Waals surface area contributed by atoms with Gasteiger partial charge >= 0.3 is 6.02 Å². The van der Waals surface area contributed by atoms with Gasteiger partial charge in [-0.15, -0.1) is 10.2 Å². The summed E-state index contributed by atoms with van der Waals surface area (Å²) in [6.45, 7) is 0.555. The van der Waals surface area contributed by atoms with Gasteiger partial charge in [-0.2, -0.15) is 0 Å². The van der Waals surface area contributed by atoms with Crippen LogP contribution in [0.15, 0.2) is 48.0 Å². The molecule has 6 heteroatoms. The topological polar surface area (TPSA) is 64.3 Å². The molecule has 0 saturated heterocycles. The van der Waals surface area contributed by atoms with Crippen LogP contribution in [0, 0.1) is 0 Å². The largest absolute Gasteiger partial charge is 0.467 e. The quantitative estimate of drug-likeness (QED) is 0.633. The highest BCUT2D eigenvalue weighted by atomic mass is 16.5. The van der Waals surface area contributed by atoms with Crippen molar-refractivity contribution >= 4 is 6.02 Å². The van der Waals surface area contributed by atoms with Gasteiger partial charge in [0.25, 0.3) is 0 Å². The van der Waals surface area contributed by atoms with Crippen molar-refractivity contribution in [3.8, 4) is 0 Å². The van der Waals surface area contributed by atoms with Gasteiger partial charge in [0, 0.05) is 0 Å². The summed E-state index contributed by atoms with van der Waals surface area (Å²) in [4.78, 5) is 4.29. The number of rotatable bonds is 3. The van der Waals surface area contributed by atoms with Gasteiger partial charge in [-0.3, -0.25) is 0 Å². The minimum absolute atomic E-state index is 0.411. The average molecular weight is 231 g/mol. The molecule has 1 aromatic carbocycles. The van der Waals surface area contributed by atoms with Crippen LogP contribution in [0.25, 0.3) is 0 Å². The molecule has 0 fully saturated rings. The fourth-order valence-electron chi connectivity index (χ4n) is 1.26. The minimum atomic E-state index is 0.411. The van der Waals surface area contributed by atoms with Crippen LogP contribution in [0.5, 0.6) is 0 Å². The Bertz CT molecular complexity index is 466. The Balaban J connectivity index is 1.98. The first-order chi connectivity index (χ1) is 8.38. The molecule has 17 heavy (non-hydrogen) atoms. The summed E-state index contributed by atoms with van der Waals surface area (Å²) < 4.78 is 6.67. The van der Waals surface area contributed by atoms with E-state index in [2.05, 4.69) is 20.6 Å². The lowest BCUT2D eigenvalue weighted by molar-refractivity contribution is 0.393. The maximum absolute atomic E-state index is 5.11. The number of amidine groups is 1. The van der Waals surface area contributed by atoms with E-state index in [1.807, 2.05) is 30.3 Å². The molecule has 2 aromatic rings. The van der Waals surface area contributed by atoms with Crippen LogP contribution < -0.4 is 5.43 Å². The van der Waals surface area contributed by atoms with Gasteiger partial charge in [-0.1, -0.05) is 30.3 Å². The van der Waals surface area contributed by atoms with E-state index in [1.165, 1.54) is 12.7 Å². The van der Waals surface area contributed by atoms with Gasteiger partial charge in [0.2, 0.25) is 0 Å². The van der Waals surface area contributed by atoms with Crippen LogP contribution >= 0.6 is 0 Å². The molecule has 88 valence electrons. The fraction of sp³-hybridized carbons (Fsp3) is 0.182. The molecule has 1 N–H and O–H groups in total. The molecule has 0 amide bonds. The first-order valence-corrected chi connectivity index (χ1v) is 5.12. The van der Waals surface area contributed by atoms with Gasteiger partial charge in [0.15, 0.2) is 0 Å². The number of nitrogens with zero attached hydrogens (tertiary/aromatic N) is 4. The van der Waals surface area contributed by atoms with Crippen LogP contribution in [0.2, 0.25) is 0 Å². The standard InChI is InChI=1S/C11H13N5O/c1-17-11(15-16-8-13-14-9-16)12-7-10-5-3-2-4-6-10/h2-6,8-9H,7H2,1H3,(H,12,15). The van der Waals surface area contributed by atoms with E-state index in [0.29, 0.717) is 12.6 Å². The zero-order valence-electron chi connectivity index (χ0n) is 9.45. The van der Waals surface area contributed by atoms with Gasteiger partial charge in [0.1, 0.15) is 12.7 Å². The Morgan fingerprint density at radius 3 is 2.65 bits per heavy atom. The van der Waals surface area contributed by atoms with Crippen molar-refractivity contribution < 1.29 is 4.74 Å². The average Bonchev–Trinajstić information content (AvgIpc) is 2.88. The first-order valence-electron chi connectivity index (χ1n) is 5.12. The predicted molar refractivity (Wildman–Crippen MR) is 64.0 cm³/mol. The smallest absolute Gasteiger partial charge is 0.304 e. The van der Waals surface area contributed by atoms with Crippen molar-refractivity contribution in [3.05, 3.63) is 48.5 Å². The van der Waals surface area contributed by atoms with E-state index >= 15 is 0 Å². The SMILES string of the molecule is COC(=NCc1ccccc1)Nn1cnnc1. The van der Waals surface area contributed by atoms with Gasteiger partial charge in [-0.05, 0) is 5.56 Å². The molecule has 1 heterocycles. The molecule has 1 aromatic heterocycles. The summed E-state index contributed by atoms with van der Waals surface area (Å²) in [5, 5.41) is 7.34. The Labute approximate surface area is 98.9 Å². The van der Waals surface area contributed by atoms with Gasteiger partial charge < -0.3 is 4.74 Å². The van der Waals surface area contributed by atoms with Crippen LogP contribution in [0.3, 0.4) is 0 Å². The monoisotopic (exact) mass is 231 g/mol. The zero-order chi connectivity index (χ0) is 11.9. The molecule has 0 aliphatic rings. The molecule has 0 saturated carbocycles. The van der Waals surface area contributed by atoms with Crippen LogP contribution in [0.4, 0.5) is 0 Å². The van der Waals surface area contributed by atoms with E-state index in [1.54, 1.807) is 11.8 Å². The van der Waals surface area contributed by atoms with Crippen molar-refractivity contribution in [2.45, 2.75) is 6.54 Å². The lowest BCUT2D eigenvalue weighted by Crippen LogP contribution is -2.23. The van der Waals surface area contributed by atoms with E-state index in [0.717, 1.165) is 5.56 Å². The summed E-state index contributed by atoms with van der Waals surface area (Å²) in [7, 11) is 1.56. The lowest BCUT2D eigenvalue weighted by atomic mass is 10.2. The molecule has 2 rings (SSSR count). The second-order valence-electron chi connectivity index (χ2n) is 3.29. The first kappa shape index (κ1) is 11.1. The molecule has 0 unspecified atom stereocenters. The number of nitrogens with one attached hydrogen (secondary N) is 1. The van der Waals surface area contributed by atoms with Crippen LogP contribution in [-0.2, 0) is 11.3 Å². The Hall–Kier alpha value is -2.37. The highest BCUT2D eigenvalue weighted by molar-refractivity contribution is 5.81. The molecular weight excluding hydrogens is 218 g/mol. The van der Waals surface area contributed by atoms with E-state index in [9.17, 15) is 0 Å². The van der Waals surface area contributed by atoms with E-state index in [-0.39, 0.29) is 0 Å². The van der Waals surface area contributed by atoms with Crippen LogP contribution in [0.1, 0.15) is 5.56 Å². The third-order valence-corrected chi connectivity index (χ3v) is 2.08. The summed E-state index contributed by atoms with van der Waals surface area (Å²) in [6, 6.07) is 10.4. The molecule has 0 spiro atoms. The van der Waals surface area contributed by atoms with Crippen molar-refractivity contribution in [3.63, 3.8) is 0 Å². The summed E-state index contributed by atoms with van der Waals surface area (Å²) in [6.07, 6.45) is 3.05. The van der Waals surface area contributed by atoms with Crippen molar-refractivity contribution in [2.24, 2.45) is 4.99 Å². The number of benzene rings is 1. The van der Waals surface area contributed by atoms with Crippen molar-refractivity contribution in [1.29, 1.82) is 0 Å². The number of hydrogen-bond acceptors (Lipinski definition) is 4.